The predicted molar refractivity (Wildman–Crippen MR) is 67.9 cm³/mol. The Balaban J connectivity index is 2.21. The number of hydrogen-bond acceptors (Lipinski definition) is 6. The molecular weight excluding hydrogens is 252 g/mol. The van der Waals surface area contributed by atoms with E-state index in [1.54, 1.807) is 0 Å². The van der Waals surface area contributed by atoms with Gasteiger partial charge in [-0.25, -0.2) is 9.78 Å². The third kappa shape index (κ3) is 2.62. The number of aromatic nitrogens is 3. The molecular formula is C11H12N4O2S. The maximum absolute atomic E-state index is 11.0. The molecule has 0 aliphatic heterocycles. The molecule has 0 spiro atoms. The molecule has 2 heterocycles. The lowest BCUT2D eigenvalue weighted by molar-refractivity contribution is 0.0697. The molecule has 1 atom stereocenters. The molecule has 0 bridgehead atoms. The zero-order chi connectivity index (χ0) is 13.1. The largest absolute Gasteiger partial charge is 0.478 e. The minimum absolute atomic E-state index is 0.102. The molecule has 6 nitrogen and oxygen atoms in total. The smallest absolute Gasteiger partial charge is 0.339 e. The quantitative estimate of drug-likeness (QED) is 0.879. The SMILES string of the molecule is Cc1csc(C(C)Nc2nnccc2C(=O)O)n1. The van der Waals surface area contributed by atoms with Crippen LogP contribution in [-0.2, 0) is 0 Å². The van der Waals surface area contributed by atoms with Crippen LogP contribution in [0.4, 0.5) is 5.82 Å². The lowest BCUT2D eigenvalue weighted by Gasteiger charge is -2.12. The monoisotopic (exact) mass is 264 g/mol. The van der Waals surface area contributed by atoms with Gasteiger partial charge < -0.3 is 10.4 Å². The van der Waals surface area contributed by atoms with Crippen LogP contribution >= 0.6 is 11.3 Å². The maximum Gasteiger partial charge on any atom is 0.339 e. The Morgan fingerprint density at radius 1 is 1.56 bits per heavy atom. The van der Waals surface area contributed by atoms with Gasteiger partial charge in [-0.05, 0) is 19.9 Å². The molecule has 7 heteroatoms. The summed E-state index contributed by atoms with van der Waals surface area (Å²) in [4.78, 5) is 15.4. The zero-order valence-corrected chi connectivity index (χ0v) is 10.7. The van der Waals surface area contributed by atoms with Gasteiger partial charge in [0, 0.05) is 11.1 Å². The molecule has 0 aliphatic rings. The highest BCUT2D eigenvalue weighted by atomic mass is 32.1. The Labute approximate surface area is 108 Å². The van der Waals surface area contributed by atoms with E-state index >= 15 is 0 Å². The van der Waals surface area contributed by atoms with Crippen molar-refractivity contribution >= 4 is 23.1 Å². The van der Waals surface area contributed by atoms with Crippen molar-refractivity contribution in [1.82, 2.24) is 15.2 Å². The van der Waals surface area contributed by atoms with Gasteiger partial charge in [0.1, 0.15) is 10.6 Å². The van der Waals surface area contributed by atoms with E-state index in [0.717, 1.165) is 10.7 Å². The van der Waals surface area contributed by atoms with E-state index in [-0.39, 0.29) is 17.4 Å². The summed E-state index contributed by atoms with van der Waals surface area (Å²) in [6, 6.07) is 1.30. The Bertz CT molecular complexity index is 570. The number of carbonyl (C=O) groups is 1. The van der Waals surface area contributed by atoms with Crippen molar-refractivity contribution in [1.29, 1.82) is 0 Å². The van der Waals surface area contributed by atoms with Crippen LogP contribution in [0.25, 0.3) is 0 Å². The third-order valence-electron chi connectivity index (χ3n) is 2.31. The molecule has 2 N–H and O–H groups in total. The summed E-state index contributed by atoms with van der Waals surface area (Å²) >= 11 is 1.52. The van der Waals surface area contributed by atoms with Crippen molar-refractivity contribution in [3.05, 3.63) is 33.9 Å². The number of carboxylic acids is 1. The number of thiazole rings is 1. The van der Waals surface area contributed by atoms with Crippen molar-refractivity contribution in [3.63, 3.8) is 0 Å². The number of nitrogens with zero attached hydrogens (tertiary/aromatic N) is 3. The Morgan fingerprint density at radius 2 is 2.33 bits per heavy atom. The lowest BCUT2D eigenvalue weighted by Crippen LogP contribution is -2.12. The molecule has 0 saturated carbocycles. The van der Waals surface area contributed by atoms with E-state index in [4.69, 9.17) is 5.11 Å². The summed E-state index contributed by atoms with van der Waals surface area (Å²) in [5.74, 6) is -0.778. The first-order chi connectivity index (χ1) is 8.58. The van der Waals surface area contributed by atoms with Gasteiger partial charge in [0.25, 0.3) is 0 Å². The topological polar surface area (TPSA) is 88.0 Å². The second kappa shape index (κ2) is 5.09. The van der Waals surface area contributed by atoms with Crippen LogP contribution in [0.5, 0.6) is 0 Å². The van der Waals surface area contributed by atoms with E-state index < -0.39 is 5.97 Å². The first kappa shape index (κ1) is 12.4. The average Bonchev–Trinajstić information content (AvgIpc) is 2.76. The number of aromatic carboxylic acids is 1. The van der Waals surface area contributed by atoms with E-state index in [9.17, 15) is 4.79 Å². The second-order valence-electron chi connectivity index (χ2n) is 3.79. The highest BCUT2D eigenvalue weighted by molar-refractivity contribution is 7.09. The fourth-order valence-corrected chi connectivity index (χ4v) is 2.25. The van der Waals surface area contributed by atoms with Crippen LogP contribution in [0.15, 0.2) is 17.6 Å². The molecule has 0 amide bonds. The van der Waals surface area contributed by atoms with Crippen molar-refractivity contribution < 1.29 is 9.90 Å². The fraction of sp³-hybridized carbons (Fsp3) is 0.273. The Hall–Kier alpha value is -2.02. The molecule has 0 fully saturated rings. The number of rotatable bonds is 4. The zero-order valence-electron chi connectivity index (χ0n) is 9.91. The molecule has 18 heavy (non-hydrogen) atoms. The highest BCUT2D eigenvalue weighted by Gasteiger charge is 2.15. The second-order valence-corrected chi connectivity index (χ2v) is 4.68. The normalized spacial score (nSPS) is 12.1. The highest BCUT2D eigenvalue weighted by Crippen LogP contribution is 2.22. The summed E-state index contributed by atoms with van der Waals surface area (Å²) in [6.07, 6.45) is 1.35. The molecule has 2 aromatic heterocycles. The Morgan fingerprint density at radius 3 is 2.94 bits per heavy atom. The van der Waals surface area contributed by atoms with Gasteiger partial charge in [-0.3, -0.25) is 0 Å². The van der Waals surface area contributed by atoms with E-state index in [1.807, 2.05) is 19.2 Å². The van der Waals surface area contributed by atoms with Gasteiger partial charge >= 0.3 is 5.97 Å². The fourth-order valence-electron chi connectivity index (χ4n) is 1.45. The van der Waals surface area contributed by atoms with Gasteiger partial charge in [0.2, 0.25) is 0 Å². The number of anilines is 1. The molecule has 94 valence electrons. The number of hydrogen-bond donors (Lipinski definition) is 2. The standard InChI is InChI=1S/C11H12N4O2S/c1-6-5-18-10(13-6)7(2)14-9-8(11(16)17)3-4-12-15-9/h3-5,7H,1-2H3,(H,14,15)(H,16,17). The summed E-state index contributed by atoms with van der Waals surface area (Å²) < 4.78 is 0. The number of nitrogens with one attached hydrogen (secondary N) is 1. The van der Waals surface area contributed by atoms with Crippen molar-refractivity contribution in [3.8, 4) is 0 Å². The van der Waals surface area contributed by atoms with Crippen LogP contribution in [0.2, 0.25) is 0 Å². The number of aryl methyl sites for hydroxylation is 1. The van der Waals surface area contributed by atoms with E-state index in [0.29, 0.717) is 0 Å². The summed E-state index contributed by atoms with van der Waals surface area (Å²) in [6.45, 7) is 3.82. The lowest BCUT2D eigenvalue weighted by atomic mass is 10.2. The van der Waals surface area contributed by atoms with Gasteiger partial charge in [-0.15, -0.1) is 16.4 Å². The molecule has 0 aliphatic carbocycles. The van der Waals surface area contributed by atoms with Gasteiger partial charge in [0.15, 0.2) is 5.82 Å². The van der Waals surface area contributed by atoms with Crippen LogP contribution in [-0.4, -0.2) is 26.3 Å². The molecule has 0 aromatic carbocycles. The molecule has 2 aromatic rings. The first-order valence-electron chi connectivity index (χ1n) is 5.31. The van der Waals surface area contributed by atoms with Crippen LogP contribution < -0.4 is 5.32 Å². The van der Waals surface area contributed by atoms with E-state index in [1.165, 1.54) is 23.6 Å². The third-order valence-corrected chi connectivity index (χ3v) is 3.46. The predicted octanol–water partition coefficient (Wildman–Crippen LogP) is 2.11. The van der Waals surface area contributed by atoms with Gasteiger partial charge in [-0.2, -0.15) is 5.10 Å². The Kier molecular flexibility index (Phi) is 3.52. The molecule has 0 radical (unpaired) electrons. The average molecular weight is 264 g/mol. The summed E-state index contributed by atoms with van der Waals surface area (Å²) in [5.41, 5.74) is 1.05. The van der Waals surface area contributed by atoms with Crippen LogP contribution in [0, 0.1) is 6.92 Å². The van der Waals surface area contributed by atoms with Gasteiger partial charge in [-0.1, -0.05) is 0 Å². The number of carboxylic acid groups (broad SMARTS) is 1. The minimum Gasteiger partial charge on any atom is -0.478 e. The van der Waals surface area contributed by atoms with Gasteiger partial charge in [0.05, 0.1) is 12.2 Å². The van der Waals surface area contributed by atoms with Crippen LogP contribution in [0.3, 0.4) is 0 Å². The van der Waals surface area contributed by atoms with Crippen molar-refractivity contribution in [2.45, 2.75) is 19.9 Å². The van der Waals surface area contributed by atoms with Crippen molar-refractivity contribution in [2.75, 3.05) is 5.32 Å². The van der Waals surface area contributed by atoms with Crippen molar-refractivity contribution in [2.24, 2.45) is 0 Å². The maximum atomic E-state index is 11.0. The molecule has 1 unspecified atom stereocenters. The minimum atomic E-state index is -1.03. The van der Waals surface area contributed by atoms with E-state index in [2.05, 4.69) is 20.5 Å². The summed E-state index contributed by atoms with van der Waals surface area (Å²) in [5, 5.41) is 22.4. The molecule has 0 saturated heterocycles. The van der Waals surface area contributed by atoms with Crippen LogP contribution in [0.1, 0.15) is 34.0 Å². The summed E-state index contributed by atoms with van der Waals surface area (Å²) in [7, 11) is 0. The molecule has 2 rings (SSSR count). The first-order valence-corrected chi connectivity index (χ1v) is 6.19.